The molecule has 0 bridgehead atoms. The number of rotatable bonds is 3. The van der Waals surface area contributed by atoms with Gasteiger partial charge in [-0.25, -0.2) is 0 Å². The van der Waals surface area contributed by atoms with E-state index in [9.17, 15) is 0 Å². The first-order chi connectivity index (χ1) is 4.18. The van der Waals surface area contributed by atoms with Crippen LogP contribution in [0.3, 0.4) is 0 Å². The van der Waals surface area contributed by atoms with Gasteiger partial charge in [-0.2, -0.15) is 5.53 Å². The van der Waals surface area contributed by atoms with Crippen molar-refractivity contribution in [2.24, 2.45) is 17.5 Å². The fraction of sp³-hybridized carbons (Fsp3) is 0.600. The highest BCUT2D eigenvalue weighted by Crippen LogP contribution is 1.98. The zero-order chi connectivity index (χ0) is 7.28. The molecule has 4 nitrogen and oxygen atoms in total. The first-order valence-corrected chi connectivity index (χ1v) is 2.85. The first-order valence-electron chi connectivity index (χ1n) is 2.85. The van der Waals surface area contributed by atoms with E-state index in [0.29, 0.717) is 5.92 Å². The lowest BCUT2D eigenvalue weighted by Crippen LogP contribution is -2.34. The van der Waals surface area contributed by atoms with Crippen molar-refractivity contribution in [2.75, 3.05) is 0 Å². The Hall–Kier alpha value is -0.740. The second-order valence-electron chi connectivity index (χ2n) is 2.09. The van der Waals surface area contributed by atoms with Crippen molar-refractivity contribution in [2.45, 2.75) is 13.8 Å². The van der Waals surface area contributed by atoms with Gasteiger partial charge in [0.1, 0.15) is 0 Å². The third-order valence-corrected chi connectivity index (χ3v) is 0.989. The molecule has 6 N–H and O–H groups in total. The van der Waals surface area contributed by atoms with Gasteiger partial charge in [0.2, 0.25) is 0 Å². The number of hydrazine groups is 2. The number of allylic oxidation sites excluding steroid dienone is 1. The monoisotopic (exact) mass is 130 g/mol. The van der Waals surface area contributed by atoms with Gasteiger partial charge in [-0.05, 0) is 5.92 Å². The maximum absolute atomic E-state index is 5.51. The van der Waals surface area contributed by atoms with Crippen LogP contribution in [0.2, 0.25) is 0 Å². The molecule has 0 aromatic carbocycles. The van der Waals surface area contributed by atoms with Gasteiger partial charge in [0.05, 0.1) is 0 Å². The summed E-state index contributed by atoms with van der Waals surface area (Å²) in [6.07, 6.45) is 1.63. The Morgan fingerprint density at radius 2 is 2.11 bits per heavy atom. The lowest BCUT2D eigenvalue weighted by Gasteiger charge is -2.04. The molecule has 0 aromatic rings. The van der Waals surface area contributed by atoms with Crippen molar-refractivity contribution >= 4 is 0 Å². The smallest absolute Gasteiger partial charge is 0.0329 e. The molecule has 4 heteroatoms. The van der Waals surface area contributed by atoms with E-state index in [0.717, 1.165) is 5.70 Å². The summed E-state index contributed by atoms with van der Waals surface area (Å²) in [4.78, 5) is 0. The molecule has 0 aliphatic heterocycles. The maximum Gasteiger partial charge on any atom is 0.0329 e. The van der Waals surface area contributed by atoms with Crippen molar-refractivity contribution < 1.29 is 0 Å². The van der Waals surface area contributed by atoms with Gasteiger partial charge in [0, 0.05) is 11.9 Å². The van der Waals surface area contributed by atoms with E-state index in [1.165, 1.54) is 0 Å². The summed E-state index contributed by atoms with van der Waals surface area (Å²) in [5.74, 6) is 5.27. The van der Waals surface area contributed by atoms with Crippen molar-refractivity contribution in [3.05, 3.63) is 11.9 Å². The van der Waals surface area contributed by atoms with Crippen LogP contribution in [-0.4, -0.2) is 0 Å². The van der Waals surface area contributed by atoms with Gasteiger partial charge in [-0.1, -0.05) is 13.8 Å². The zero-order valence-electron chi connectivity index (χ0n) is 5.81. The fourth-order valence-electron chi connectivity index (χ4n) is 0.292. The van der Waals surface area contributed by atoms with Gasteiger partial charge in [-0.15, -0.1) is 0 Å². The van der Waals surface area contributed by atoms with E-state index >= 15 is 0 Å². The van der Waals surface area contributed by atoms with Crippen LogP contribution in [0.15, 0.2) is 11.9 Å². The summed E-state index contributed by atoms with van der Waals surface area (Å²) in [5, 5.41) is 0. The van der Waals surface area contributed by atoms with E-state index in [1.807, 2.05) is 13.8 Å². The molecular formula is C5H14N4. The molecule has 54 valence electrons. The van der Waals surface area contributed by atoms with Gasteiger partial charge in [0.15, 0.2) is 0 Å². The molecule has 0 spiro atoms. The van der Waals surface area contributed by atoms with Crippen molar-refractivity contribution in [3.63, 3.8) is 0 Å². The summed E-state index contributed by atoms with van der Waals surface area (Å²) < 4.78 is 0. The van der Waals surface area contributed by atoms with Crippen LogP contribution in [-0.2, 0) is 0 Å². The molecule has 0 rings (SSSR count). The molecular weight excluding hydrogens is 116 g/mol. The molecule has 0 radical (unpaired) electrons. The predicted molar refractivity (Wildman–Crippen MR) is 37.6 cm³/mol. The second-order valence-corrected chi connectivity index (χ2v) is 2.09. The Morgan fingerprint density at radius 1 is 1.56 bits per heavy atom. The summed E-state index contributed by atoms with van der Waals surface area (Å²) in [5.41, 5.74) is 11.1. The van der Waals surface area contributed by atoms with E-state index in [-0.39, 0.29) is 0 Å². The minimum absolute atomic E-state index is 0.353. The topological polar surface area (TPSA) is 76.1 Å². The Balaban J connectivity index is 3.55. The molecule has 0 heterocycles. The number of nitrogens with one attached hydrogen (secondary N) is 2. The van der Waals surface area contributed by atoms with Crippen LogP contribution in [0.1, 0.15) is 13.8 Å². The highest BCUT2D eigenvalue weighted by atomic mass is 15.5. The molecule has 0 unspecified atom stereocenters. The molecule has 0 atom stereocenters. The van der Waals surface area contributed by atoms with Crippen LogP contribution in [0.25, 0.3) is 0 Å². The highest BCUT2D eigenvalue weighted by Gasteiger charge is 1.93. The fourth-order valence-corrected chi connectivity index (χ4v) is 0.292. The largest absolute Gasteiger partial charge is 0.401 e. The van der Waals surface area contributed by atoms with Crippen molar-refractivity contribution in [3.8, 4) is 0 Å². The third kappa shape index (κ3) is 3.81. The third-order valence-electron chi connectivity index (χ3n) is 0.989. The normalized spacial score (nSPS) is 12.2. The minimum Gasteiger partial charge on any atom is -0.401 e. The van der Waals surface area contributed by atoms with Crippen LogP contribution < -0.4 is 22.5 Å². The Kier molecular flexibility index (Phi) is 3.83. The average Bonchev–Trinajstić information content (AvgIpc) is 1.82. The molecule has 0 aromatic heterocycles. The van der Waals surface area contributed by atoms with Gasteiger partial charge in [-0.3, -0.25) is 5.84 Å². The summed E-state index contributed by atoms with van der Waals surface area (Å²) >= 11 is 0. The number of hydrogen-bond donors (Lipinski definition) is 4. The minimum atomic E-state index is 0.353. The Bertz CT molecular complexity index is 97.1. The summed E-state index contributed by atoms with van der Waals surface area (Å²) in [7, 11) is 0. The lowest BCUT2D eigenvalue weighted by atomic mass is 10.2. The van der Waals surface area contributed by atoms with Crippen LogP contribution >= 0.6 is 0 Å². The highest BCUT2D eigenvalue weighted by molar-refractivity contribution is 4.96. The lowest BCUT2D eigenvalue weighted by molar-refractivity contribution is 0.643. The van der Waals surface area contributed by atoms with Gasteiger partial charge >= 0.3 is 0 Å². The quantitative estimate of drug-likeness (QED) is 0.304. The van der Waals surface area contributed by atoms with Crippen molar-refractivity contribution in [1.82, 2.24) is 11.0 Å². The maximum atomic E-state index is 5.51. The number of hydrogen-bond acceptors (Lipinski definition) is 4. The van der Waals surface area contributed by atoms with E-state index in [1.54, 1.807) is 6.20 Å². The molecule has 0 fully saturated rings. The molecule has 0 saturated heterocycles. The Morgan fingerprint density at radius 3 is 2.44 bits per heavy atom. The Labute approximate surface area is 55.2 Å². The van der Waals surface area contributed by atoms with Crippen LogP contribution in [0, 0.1) is 5.92 Å². The van der Waals surface area contributed by atoms with Gasteiger partial charge in [0.25, 0.3) is 0 Å². The molecule has 0 amide bonds. The van der Waals surface area contributed by atoms with Crippen molar-refractivity contribution in [1.29, 1.82) is 0 Å². The van der Waals surface area contributed by atoms with E-state index < -0.39 is 0 Å². The van der Waals surface area contributed by atoms with Crippen LogP contribution in [0.5, 0.6) is 0 Å². The molecule has 0 aliphatic rings. The summed E-state index contributed by atoms with van der Waals surface area (Å²) in [6, 6.07) is 0. The van der Waals surface area contributed by atoms with E-state index in [2.05, 4.69) is 11.0 Å². The summed E-state index contributed by atoms with van der Waals surface area (Å²) in [6.45, 7) is 4.01. The molecule has 9 heavy (non-hydrogen) atoms. The first kappa shape index (κ1) is 8.26. The standard InChI is InChI=1S/C5H14N4/c1-4(2)5(6)3-8-9-7/h3-4,8-9H,6-7H2,1-2H3/b5-3-. The van der Waals surface area contributed by atoms with Crippen LogP contribution in [0.4, 0.5) is 0 Å². The average molecular weight is 130 g/mol. The van der Waals surface area contributed by atoms with Gasteiger partial charge < -0.3 is 11.2 Å². The molecule has 0 aliphatic carbocycles. The molecule has 0 saturated carbocycles. The number of nitrogens with two attached hydrogens (primary N) is 2. The zero-order valence-corrected chi connectivity index (χ0v) is 5.81. The second kappa shape index (κ2) is 4.17. The van der Waals surface area contributed by atoms with E-state index in [4.69, 9.17) is 11.6 Å². The predicted octanol–water partition coefficient (Wildman–Crippen LogP) is -0.590. The SMILES string of the molecule is CC(C)/C(N)=C/NNN.